The minimum atomic E-state index is -3.85. The van der Waals surface area contributed by atoms with Crippen LogP contribution in [0.15, 0.2) is 51.8 Å². The number of anilines is 1. The molecule has 0 atom stereocenters. The number of halogens is 1. The highest BCUT2D eigenvalue weighted by atomic mass is 79.9. The van der Waals surface area contributed by atoms with Gasteiger partial charge in [-0.25, -0.2) is 13.2 Å². The predicted molar refractivity (Wildman–Crippen MR) is 132 cm³/mol. The van der Waals surface area contributed by atoms with Crippen molar-refractivity contribution in [2.24, 2.45) is 5.84 Å². The molecule has 0 saturated carbocycles. The first-order valence-electron chi connectivity index (χ1n) is 10.7. The smallest absolute Gasteiger partial charge is 0.410 e. The van der Waals surface area contributed by atoms with Gasteiger partial charge in [-0.2, -0.15) is 0 Å². The van der Waals surface area contributed by atoms with Gasteiger partial charge in [0.25, 0.3) is 10.0 Å². The third-order valence-electron chi connectivity index (χ3n) is 5.33. The average Bonchev–Trinajstić information content (AvgIpc) is 2.74. The van der Waals surface area contributed by atoms with E-state index in [1.807, 2.05) is 39.0 Å². The summed E-state index contributed by atoms with van der Waals surface area (Å²) in [5.74, 6) is 6.09. The SMILES string of the molecule is Cc1ccccc1S(=O)(=O)N(N)Cc1ccc(Br)cc1N1CCN(C(=O)OC(C)(C)C)CC1. The van der Waals surface area contributed by atoms with Gasteiger partial charge < -0.3 is 14.5 Å². The minimum Gasteiger partial charge on any atom is -0.444 e. The Morgan fingerprint density at radius 3 is 2.36 bits per heavy atom. The average molecular weight is 539 g/mol. The Bertz CT molecular complexity index is 1110. The van der Waals surface area contributed by atoms with Crippen LogP contribution in [0.25, 0.3) is 0 Å². The number of hydrogen-bond donors (Lipinski definition) is 1. The zero-order chi connectivity index (χ0) is 24.4. The van der Waals surface area contributed by atoms with E-state index in [9.17, 15) is 13.2 Å². The molecule has 8 nitrogen and oxygen atoms in total. The predicted octanol–water partition coefficient (Wildman–Crippen LogP) is 3.88. The lowest BCUT2D eigenvalue weighted by Gasteiger charge is -2.37. The number of amides is 1. The third kappa shape index (κ3) is 6.26. The van der Waals surface area contributed by atoms with Crippen LogP contribution >= 0.6 is 15.9 Å². The van der Waals surface area contributed by atoms with Gasteiger partial charge >= 0.3 is 6.09 Å². The van der Waals surface area contributed by atoms with Crippen molar-refractivity contribution in [3.8, 4) is 0 Å². The van der Waals surface area contributed by atoms with Crippen LogP contribution in [0.5, 0.6) is 0 Å². The highest BCUT2D eigenvalue weighted by Crippen LogP contribution is 2.29. The number of rotatable bonds is 5. The van der Waals surface area contributed by atoms with Crippen molar-refractivity contribution < 1.29 is 17.9 Å². The molecule has 2 aromatic rings. The molecule has 3 rings (SSSR count). The van der Waals surface area contributed by atoms with Crippen molar-refractivity contribution in [2.75, 3.05) is 31.1 Å². The normalized spacial score (nSPS) is 15.1. The number of sulfonamides is 1. The maximum Gasteiger partial charge on any atom is 0.410 e. The summed E-state index contributed by atoms with van der Waals surface area (Å²) in [6, 6.07) is 12.5. The summed E-state index contributed by atoms with van der Waals surface area (Å²) in [7, 11) is -3.85. The first kappa shape index (κ1) is 25.5. The van der Waals surface area contributed by atoms with Crippen molar-refractivity contribution in [1.29, 1.82) is 0 Å². The molecule has 0 spiro atoms. The van der Waals surface area contributed by atoms with E-state index in [1.165, 1.54) is 0 Å². The molecule has 0 aromatic heterocycles. The zero-order valence-electron chi connectivity index (χ0n) is 19.4. The van der Waals surface area contributed by atoms with Crippen LogP contribution in [0.2, 0.25) is 0 Å². The van der Waals surface area contributed by atoms with Crippen molar-refractivity contribution in [2.45, 2.75) is 44.7 Å². The first-order chi connectivity index (χ1) is 15.4. The van der Waals surface area contributed by atoms with Gasteiger partial charge in [0.1, 0.15) is 5.60 Å². The quantitative estimate of drug-likeness (QED) is 0.458. The van der Waals surface area contributed by atoms with Crippen LogP contribution < -0.4 is 10.7 Å². The minimum absolute atomic E-state index is 0.0194. The molecule has 10 heteroatoms. The Morgan fingerprint density at radius 2 is 1.76 bits per heavy atom. The second kappa shape index (κ2) is 10.0. The summed E-state index contributed by atoms with van der Waals surface area (Å²) < 4.78 is 33.4. The lowest BCUT2D eigenvalue weighted by molar-refractivity contribution is 0.0240. The van der Waals surface area contributed by atoms with E-state index in [0.29, 0.717) is 31.7 Å². The van der Waals surface area contributed by atoms with E-state index in [-0.39, 0.29) is 17.5 Å². The maximum atomic E-state index is 13.1. The summed E-state index contributed by atoms with van der Waals surface area (Å²) in [6.45, 7) is 9.51. The second-order valence-electron chi connectivity index (χ2n) is 9.04. The second-order valence-corrected chi connectivity index (χ2v) is 11.8. The van der Waals surface area contributed by atoms with Gasteiger partial charge in [-0.1, -0.05) is 40.2 Å². The number of benzene rings is 2. The van der Waals surface area contributed by atoms with Crippen LogP contribution in [0.1, 0.15) is 31.9 Å². The fourth-order valence-corrected chi connectivity index (χ4v) is 5.28. The van der Waals surface area contributed by atoms with Crippen molar-refractivity contribution >= 4 is 37.7 Å². The maximum absolute atomic E-state index is 13.1. The number of piperazine rings is 1. The van der Waals surface area contributed by atoms with E-state index in [0.717, 1.165) is 20.1 Å². The molecule has 1 aliphatic rings. The number of nitrogens with zero attached hydrogens (tertiary/aromatic N) is 3. The molecular formula is C23H31BrN4O4S. The molecule has 1 fully saturated rings. The molecule has 1 amide bonds. The van der Waals surface area contributed by atoms with Crippen molar-refractivity contribution in [3.63, 3.8) is 0 Å². The van der Waals surface area contributed by atoms with E-state index in [4.69, 9.17) is 10.6 Å². The van der Waals surface area contributed by atoms with Crippen LogP contribution in [-0.4, -0.2) is 55.6 Å². The molecule has 1 saturated heterocycles. The Kier molecular flexibility index (Phi) is 7.73. The van der Waals surface area contributed by atoms with Crippen LogP contribution in [0.4, 0.5) is 10.5 Å². The fraction of sp³-hybridized carbons (Fsp3) is 0.435. The Balaban J connectivity index is 1.77. The van der Waals surface area contributed by atoms with E-state index < -0.39 is 15.6 Å². The standard InChI is InChI=1S/C23H31BrN4O4S/c1-17-7-5-6-8-21(17)33(30,31)28(25)16-18-9-10-19(24)15-20(18)26-11-13-27(14-12-26)22(29)32-23(2,3)4/h5-10,15H,11-14,16,25H2,1-4H3. The molecule has 180 valence electrons. The molecule has 2 N–H and O–H groups in total. The monoisotopic (exact) mass is 538 g/mol. The highest BCUT2D eigenvalue weighted by Gasteiger charge is 2.28. The van der Waals surface area contributed by atoms with Crippen LogP contribution in [0.3, 0.4) is 0 Å². The van der Waals surface area contributed by atoms with Crippen LogP contribution in [-0.2, 0) is 21.3 Å². The molecule has 1 heterocycles. The molecule has 0 unspecified atom stereocenters. The third-order valence-corrected chi connectivity index (χ3v) is 7.58. The number of carbonyl (C=O) groups is 1. The van der Waals surface area contributed by atoms with E-state index >= 15 is 0 Å². The summed E-state index contributed by atoms with van der Waals surface area (Å²) in [5.41, 5.74) is 1.76. The van der Waals surface area contributed by atoms with Gasteiger partial charge in [0.05, 0.1) is 11.4 Å². The lowest BCUT2D eigenvalue weighted by atomic mass is 10.1. The first-order valence-corrected chi connectivity index (χ1v) is 13.0. The molecule has 0 bridgehead atoms. The van der Waals surface area contributed by atoms with E-state index in [1.54, 1.807) is 36.1 Å². The van der Waals surface area contributed by atoms with Gasteiger partial charge in [0, 0.05) is 36.3 Å². The number of ether oxygens (including phenoxy) is 1. The van der Waals surface area contributed by atoms with E-state index in [2.05, 4.69) is 20.8 Å². The molecule has 1 aliphatic heterocycles. The number of carbonyl (C=O) groups excluding carboxylic acids is 1. The van der Waals surface area contributed by atoms with Crippen molar-refractivity contribution in [1.82, 2.24) is 9.31 Å². The van der Waals surface area contributed by atoms with Gasteiger partial charge in [-0.3, -0.25) is 5.84 Å². The van der Waals surface area contributed by atoms with Crippen molar-refractivity contribution in [3.05, 3.63) is 58.1 Å². The summed E-state index contributed by atoms with van der Waals surface area (Å²) in [4.78, 5) is 16.4. The zero-order valence-corrected chi connectivity index (χ0v) is 21.8. The topological polar surface area (TPSA) is 96.2 Å². The van der Waals surface area contributed by atoms with Gasteiger partial charge in [0.2, 0.25) is 0 Å². The largest absolute Gasteiger partial charge is 0.444 e. The molecule has 33 heavy (non-hydrogen) atoms. The Morgan fingerprint density at radius 1 is 1.12 bits per heavy atom. The number of hydrogen-bond acceptors (Lipinski definition) is 6. The molecule has 0 radical (unpaired) electrons. The summed E-state index contributed by atoms with van der Waals surface area (Å²) in [6.07, 6.45) is -0.325. The molecule has 2 aromatic carbocycles. The lowest BCUT2D eigenvalue weighted by Crippen LogP contribution is -2.50. The molecular weight excluding hydrogens is 508 g/mol. The fourth-order valence-electron chi connectivity index (χ4n) is 3.65. The molecule has 0 aliphatic carbocycles. The van der Waals surface area contributed by atoms with Gasteiger partial charge in [0.15, 0.2) is 0 Å². The van der Waals surface area contributed by atoms with Gasteiger partial charge in [-0.05, 0) is 57.0 Å². The summed E-state index contributed by atoms with van der Waals surface area (Å²) in [5, 5.41) is 0. The highest BCUT2D eigenvalue weighted by molar-refractivity contribution is 9.10. The number of aryl methyl sites for hydroxylation is 1. The van der Waals surface area contributed by atoms with Crippen LogP contribution in [0, 0.1) is 6.92 Å². The number of hydrazine groups is 1. The Labute approximate surface area is 204 Å². The Hall–Kier alpha value is -2.14. The summed E-state index contributed by atoms with van der Waals surface area (Å²) >= 11 is 3.51. The van der Waals surface area contributed by atoms with Gasteiger partial charge in [-0.15, -0.1) is 4.41 Å². The number of nitrogens with two attached hydrogens (primary N) is 1.